The molecule has 2 aromatic rings. The Balaban J connectivity index is 2.48. The predicted molar refractivity (Wildman–Crippen MR) is 51.1 cm³/mol. The highest BCUT2D eigenvalue weighted by atomic mass is 32.1. The van der Waals surface area contributed by atoms with E-state index >= 15 is 0 Å². The summed E-state index contributed by atoms with van der Waals surface area (Å²) >= 11 is 1.60. The van der Waals surface area contributed by atoms with Crippen molar-refractivity contribution in [2.45, 2.75) is 6.92 Å². The number of nitrogens with zero attached hydrogens (tertiary/aromatic N) is 1. The van der Waals surface area contributed by atoms with Gasteiger partial charge in [-0.3, -0.25) is 4.98 Å². The summed E-state index contributed by atoms with van der Waals surface area (Å²) in [6.07, 6.45) is 0. The van der Waals surface area contributed by atoms with Crippen molar-refractivity contribution < 1.29 is 0 Å². The number of aryl methyl sites for hydroxylation is 1. The Morgan fingerprint density at radius 3 is 2.92 bits per heavy atom. The van der Waals surface area contributed by atoms with Gasteiger partial charge in [-0.1, -0.05) is 6.07 Å². The van der Waals surface area contributed by atoms with Crippen molar-refractivity contribution in [2.75, 3.05) is 0 Å². The fourth-order valence-electron chi connectivity index (χ4n) is 1.06. The van der Waals surface area contributed by atoms with Crippen molar-refractivity contribution in [2.24, 2.45) is 0 Å². The van der Waals surface area contributed by atoms with Gasteiger partial charge in [0.25, 0.3) is 0 Å². The number of thiophene rings is 1. The van der Waals surface area contributed by atoms with E-state index in [0.717, 1.165) is 11.4 Å². The summed E-state index contributed by atoms with van der Waals surface area (Å²) in [6, 6.07) is 10.0. The molecule has 0 spiro atoms. The molecule has 59 valence electrons. The monoisotopic (exact) mass is 174 g/mol. The van der Waals surface area contributed by atoms with E-state index in [-0.39, 0.29) is 0 Å². The Kier molecular flexibility index (Phi) is 1.92. The molecule has 0 saturated carbocycles. The number of aromatic nitrogens is 1. The van der Waals surface area contributed by atoms with Crippen LogP contribution in [0.5, 0.6) is 0 Å². The summed E-state index contributed by atoms with van der Waals surface area (Å²) in [6.45, 7) is 2.00. The molecule has 0 unspecified atom stereocenters. The Labute approximate surface area is 75.7 Å². The van der Waals surface area contributed by atoms with Crippen molar-refractivity contribution >= 4 is 11.3 Å². The van der Waals surface area contributed by atoms with Crippen LogP contribution in [0.25, 0.3) is 10.6 Å². The second-order valence-corrected chi connectivity index (χ2v) is 3.46. The number of hydrogen-bond acceptors (Lipinski definition) is 2. The van der Waals surface area contributed by atoms with E-state index in [2.05, 4.69) is 10.4 Å². The van der Waals surface area contributed by atoms with Crippen LogP contribution in [0, 0.1) is 12.3 Å². The molecule has 0 N–H and O–H groups in total. The van der Waals surface area contributed by atoms with Gasteiger partial charge in [-0.2, -0.15) is 0 Å². The van der Waals surface area contributed by atoms with Crippen LogP contribution in [0.15, 0.2) is 30.3 Å². The Hall–Kier alpha value is -1.15. The zero-order valence-corrected chi connectivity index (χ0v) is 7.56. The SMILES string of the molecule is Cc1cccc(-c2cc[c]s2)n1. The van der Waals surface area contributed by atoms with Gasteiger partial charge in [-0.25, -0.2) is 0 Å². The summed E-state index contributed by atoms with van der Waals surface area (Å²) in [5.41, 5.74) is 2.10. The van der Waals surface area contributed by atoms with Crippen LogP contribution in [0.4, 0.5) is 0 Å². The molecule has 0 amide bonds. The maximum atomic E-state index is 4.41. The Morgan fingerprint density at radius 2 is 2.25 bits per heavy atom. The van der Waals surface area contributed by atoms with Gasteiger partial charge in [0.2, 0.25) is 0 Å². The summed E-state index contributed by atoms with van der Waals surface area (Å²) in [5.74, 6) is 0. The largest absolute Gasteiger partial charge is 0.252 e. The van der Waals surface area contributed by atoms with Crippen LogP contribution in [0.2, 0.25) is 0 Å². The summed E-state index contributed by atoms with van der Waals surface area (Å²) in [4.78, 5) is 5.59. The third-order valence-electron chi connectivity index (χ3n) is 1.61. The third kappa shape index (κ3) is 1.38. The zero-order chi connectivity index (χ0) is 8.39. The van der Waals surface area contributed by atoms with Crippen LogP contribution in [-0.4, -0.2) is 4.98 Å². The van der Waals surface area contributed by atoms with Crippen LogP contribution >= 0.6 is 11.3 Å². The van der Waals surface area contributed by atoms with Gasteiger partial charge in [0.05, 0.1) is 10.6 Å². The molecule has 12 heavy (non-hydrogen) atoms. The maximum absolute atomic E-state index is 4.41. The number of rotatable bonds is 1. The molecule has 0 fully saturated rings. The van der Waals surface area contributed by atoms with Crippen molar-refractivity contribution in [3.63, 3.8) is 0 Å². The van der Waals surface area contributed by atoms with E-state index in [1.165, 1.54) is 4.88 Å². The lowest BCUT2D eigenvalue weighted by molar-refractivity contribution is 1.21. The van der Waals surface area contributed by atoms with Crippen LogP contribution in [0.1, 0.15) is 5.69 Å². The van der Waals surface area contributed by atoms with Crippen molar-refractivity contribution in [1.29, 1.82) is 0 Å². The maximum Gasteiger partial charge on any atom is 0.0805 e. The van der Waals surface area contributed by atoms with Crippen LogP contribution in [0.3, 0.4) is 0 Å². The van der Waals surface area contributed by atoms with E-state index in [1.54, 1.807) is 11.3 Å². The van der Waals surface area contributed by atoms with Crippen molar-refractivity contribution in [3.8, 4) is 10.6 Å². The minimum absolute atomic E-state index is 1.04. The lowest BCUT2D eigenvalue weighted by atomic mass is 10.3. The van der Waals surface area contributed by atoms with Gasteiger partial charge < -0.3 is 0 Å². The van der Waals surface area contributed by atoms with Crippen molar-refractivity contribution in [1.82, 2.24) is 4.98 Å². The van der Waals surface area contributed by atoms with Gasteiger partial charge in [0, 0.05) is 11.1 Å². The average molecular weight is 174 g/mol. The minimum Gasteiger partial charge on any atom is -0.252 e. The molecular formula is C10H8NS. The van der Waals surface area contributed by atoms with Gasteiger partial charge in [-0.15, -0.1) is 11.3 Å². The zero-order valence-electron chi connectivity index (χ0n) is 6.74. The topological polar surface area (TPSA) is 12.9 Å². The summed E-state index contributed by atoms with van der Waals surface area (Å²) in [7, 11) is 0. The first-order valence-corrected chi connectivity index (χ1v) is 4.58. The van der Waals surface area contributed by atoms with E-state index in [4.69, 9.17) is 0 Å². The molecule has 2 heterocycles. The molecule has 2 aromatic heterocycles. The molecule has 0 aliphatic heterocycles. The standard InChI is InChI=1S/C10H8NS/c1-8-4-2-5-9(11-8)10-6-3-7-12-10/h2-6H,1H3. The Morgan fingerprint density at radius 1 is 1.33 bits per heavy atom. The summed E-state index contributed by atoms with van der Waals surface area (Å²) < 4.78 is 0. The first-order chi connectivity index (χ1) is 5.86. The van der Waals surface area contributed by atoms with E-state index in [1.807, 2.05) is 37.3 Å². The molecular weight excluding hydrogens is 166 g/mol. The molecule has 1 nitrogen and oxygen atoms in total. The smallest absolute Gasteiger partial charge is 0.0805 e. The molecule has 2 heteroatoms. The molecule has 0 aliphatic rings. The van der Waals surface area contributed by atoms with Gasteiger partial charge in [0.1, 0.15) is 0 Å². The van der Waals surface area contributed by atoms with E-state index in [0.29, 0.717) is 0 Å². The Bertz CT molecular complexity index is 365. The van der Waals surface area contributed by atoms with Crippen molar-refractivity contribution in [3.05, 3.63) is 41.4 Å². The first-order valence-electron chi connectivity index (χ1n) is 3.76. The molecule has 0 saturated heterocycles. The van der Waals surface area contributed by atoms with Gasteiger partial charge in [0.15, 0.2) is 0 Å². The highest BCUT2D eigenvalue weighted by Gasteiger charge is 1.98. The predicted octanol–water partition coefficient (Wildman–Crippen LogP) is 2.92. The van der Waals surface area contributed by atoms with E-state index < -0.39 is 0 Å². The molecule has 0 aromatic carbocycles. The lowest BCUT2D eigenvalue weighted by Crippen LogP contribution is -1.82. The van der Waals surface area contributed by atoms with Gasteiger partial charge >= 0.3 is 0 Å². The van der Waals surface area contributed by atoms with Crippen LogP contribution < -0.4 is 0 Å². The second-order valence-electron chi connectivity index (χ2n) is 2.58. The first kappa shape index (κ1) is 7.50. The molecule has 0 bridgehead atoms. The molecule has 0 atom stereocenters. The highest BCUT2D eigenvalue weighted by Crippen LogP contribution is 2.21. The average Bonchev–Trinajstić information content (AvgIpc) is 2.56. The highest BCUT2D eigenvalue weighted by molar-refractivity contribution is 7.13. The molecule has 0 aliphatic carbocycles. The third-order valence-corrected chi connectivity index (χ3v) is 2.43. The number of pyridine rings is 1. The molecule has 1 radical (unpaired) electrons. The fourth-order valence-corrected chi connectivity index (χ4v) is 1.68. The van der Waals surface area contributed by atoms with Gasteiger partial charge in [-0.05, 0) is 31.2 Å². The number of hydrogen-bond donors (Lipinski definition) is 0. The summed E-state index contributed by atoms with van der Waals surface area (Å²) in [5, 5.41) is 3.05. The molecule has 2 rings (SSSR count). The normalized spacial score (nSPS) is 10.1. The second kappa shape index (κ2) is 3.07. The quantitative estimate of drug-likeness (QED) is 0.647. The fraction of sp³-hybridized carbons (Fsp3) is 0.100. The minimum atomic E-state index is 1.04. The van der Waals surface area contributed by atoms with Crippen LogP contribution in [-0.2, 0) is 0 Å². The van der Waals surface area contributed by atoms with E-state index in [9.17, 15) is 0 Å². The lowest BCUT2D eigenvalue weighted by Gasteiger charge is -1.96.